The molecule has 2 aromatic heterocycles. The van der Waals surface area contributed by atoms with Crippen LogP contribution in [-0.2, 0) is 4.84 Å². The number of fused-ring (bicyclic) bond motifs is 1. The zero-order valence-corrected chi connectivity index (χ0v) is 16.6. The second kappa shape index (κ2) is 7.20. The Labute approximate surface area is 168 Å². The molecule has 2 heterocycles. The largest absolute Gasteiger partial charge is 0.477 e. The van der Waals surface area contributed by atoms with Crippen LogP contribution in [-0.4, -0.2) is 28.3 Å². The molecule has 1 N–H and O–H groups in total. The van der Waals surface area contributed by atoms with Gasteiger partial charge in [0.2, 0.25) is 0 Å². The molecule has 0 amide bonds. The molecule has 148 valence electrons. The molecule has 6 nitrogen and oxygen atoms in total. The van der Waals surface area contributed by atoms with Gasteiger partial charge in [-0.2, -0.15) is 0 Å². The van der Waals surface area contributed by atoms with Gasteiger partial charge in [-0.15, -0.1) is 0 Å². The van der Waals surface area contributed by atoms with Gasteiger partial charge in [0.15, 0.2) is 0 Å². The maximum atomic E-state index is 12.7. The maximum Gasteiger partial charge on any atom is 0.341 e. The molecule has 1 fully saturated rings. The number of carboxylic acids is 1. The summed E-state index contributed by atoms with van der Waals surface area (Å²) >= 11 is 0. The summed E-state index contributed by atoms with van der Waals surface area (Å²) in [4.78, 5) is 29.1. The van der Waals surface area contributed by atoms with Crippen LogP contribution in [0.2, 0.25) is 0 Å². The normalized spacial score (nSPS) is 14.2. The highest BCUT2D eigenvalue weighted by molar-refractivity contribution is 5.98. The van der Waals surface area contributed by atoms with E-state index in [0.717, 1.165) is 51.9 Å². The molecule has 4 rings (SSSR count). The number of carbonyl (C=O) groups is 1. The summed E-state index contributed by atoms with van der Waals surface area (Å²) in [5, 5.41) is 13.4. The third kappa shape index (κ3) is 3.31. The number of hydrogen-bond acceptors (Lipinski definition) is 4. The van der Waals surface area contributed by atoms with Crippen LogP contribution >= 0.6 is 0 Å². The van der Waals surface area contributed by atoms with Crippen molar-refractivity contribution in [2.24, 2.45) is 5.16 Å². The summed E-state index contributed by atoms with van der Waals surface area (Å²) in [6, 6.07) is 11.4. The molecule has 0 atom stereocenters. The number of aryl methyl sites for hydroxylation is 1. The highest BCUT2D eigenvalue weighted by Crippen LogP contribution is 2.43. The van der Waals surface area contributed by atoms with Gasteiger partial charge in [0.05, 0.1) is 11.2 Å². The first-order valence-electron chi connectivity index (χ1n) is 9.53. The van der Waals surface area contributed by atoms with Crippen LogP contribution in [0.4, 0.5) is 0 Å². The Morgan fingerprint density at radius 1 is 1.21 bits per heavy atom. The molecule has 0 saturated heterocycles. The Bertz CT molecular complexity index is 1200. The average molecular weight is 390 g/mol. The minimum Gasteiger partial charge on any atom is -0.477 e. The van der Waals surface area contributed by atoms with Crippen molar-refractivity contribution in [3.8, 4) is 11.1 Å². The summed E-state index contributed by atoms with van der Waals surface area (Å²) in [5.41, 5.74) is 5.87. The van der Waals surface area contributed by atoms with Crippen molar-refractivity contribution in [2.75, 3.05) is 7.11 Å². The molecule has 29 heavy (non-hydrogen) atoms. The Morgan fingerprint density at radius 3 is 2.48 bits per heavy atom. The monoisotopic (exact) mass is 390 g/mol. The second-order valence-electron chi connectivity index (χ2n) is 7.41. The van der Waals surface area contributed by atoms with E-state index in [1.54, 1.807) is 12.3 Å². The summed E-state index contributed by atoms with van der Waals surface area (Å²) in [6.45, 7) is 3.87. The highest BCUT2D eigenvalue weighted by atomic mass is 16.6. The minimum absolute atomic E-state index is 0.172. The van der Waals surface area contributed by atoms with Crippen molar-refractivity contribution in [1.82, 2.24) is 4.40 Å². The molecule has 0 radical (unpaired) electrons. The first-order chi connectivity index (χ1) is 13.9. The van der Waals surface area contributed by atoms with Gasteiger partial charge in [-0.3, -0.25) is 9.20 Å². The third-order valence-electron chi connectivity index (χ3n) is 5.50. The number of carboxylic acid groups (broad SMARTS) is 1. The van der Waals surface area contributed by atoms with Crippen LogP contribution in [0.5, 0.6) is 0 Å². The number of aromatic carboxylic acids is 1. The van der Waals surface area contributed by atoms with Gasteiger partial charge in [0.1, 0.15) is 12.7 Å². The molecule has 1 aromatic carbocycles. The van der Waals surface area contributed by atoms with E-state index in [1.165, 1.54) is 11.5 Å². The lowest BCUT2D eigenvalue weighted by Crippen LogP contribution is -2.23. The van der Waals surface area contributed by atoms with Crippen molar-refractivity contribution in [2.45, 2.75) is 32.6 Å². The Morgan fingerprint density at radius 2 is 1.90 bits per heavy atom. The highest BCUT2D eigenvalue weighted by Gasteiger charge is 2.29. The minimum atomic E-state index is -1.18. The molecule has 0 aliphatic heterocycles. The molecule has 0 unspecified atom stereocenters. The SMILES string of the molecule is CON=C(C)c1ccc(-c2ccn3c(=O)c(C(=O)O)cc(C4CC4)c3c2C)cc1. The molecule has 1 saturated carbocycles. The Kier molecular flexibility index (Phi) is 4.70. The van der Waals surface area contributed by atoms with E-state index in [-0.39, 0.29) is 5.56 Å². The lowest BCUT2D eigenvalue weighted by Gasteiger charge is -2.15. The van der Waals surface area contributed by atoms with E-state index in [0.29, 0.717) is 5.92 Å². The zero-order valence-electron chi connectivity index (χ0n) is 16.6. The first kappa shape index (κ1) is 18.9. The summed E-state index contributed by atoms with van der Waals surface area (Å²) < 4.78 is 1.49. The summed E-state index contributed by atoms with van der Waals surface area (Å²) in [7, 11) is 1.52. The Hall–Kier alpha value is -3.41. The smallest absolute Gasteiger partial charge is 0.341 e. The number of pyridine rings is 2. The average Bonchev–Trinajstić information content (AvgIpc) is 3.54. The number of aromatic nitrogens is 1. The molecule has 1 aliphatic carbocycles. The van der Waals surface area contributed by atoms with Crippen LogP contribution in [0.25, 0.3) is 16.6 Å². The van der Waals surface area contributed by atoms with Crippen LogP contribution in [0.1, 0.15) is 52.7 Å². The summed E-state index contributed by atoms with van der Waals surface area (Å²) in [5.74, 6) is -0.871. The Balaban J connectivity index is 1.90. The molecule has 0 bridgehead atoms. The third-order valence-corrected chi connectivity index (χ3v) is 5.50. The van der Waals surface area contributed by atoms with Crippen LogP contribution in [0, 0.1) is 6.92 Å². The lowest BCUT2D eigenvalue weighted by molar-refractivity contribution is 0.0694. The fourth-order valence-electron chi connectivity index (χ4n) is 3.85. The zero-order chi connectivity index (χ0) is 20.7. The molecular formula is C23H22N2O4. The van der Waals surface area contributed by atoms with Crippen LogP contribution in [0.3, 0.4) is 0 Å². The van der Waals surface area contributed by atoms with E-state index >= 15 is 0 Å². The topological polar surface area (TPSA) is 80.4 Å². The fourth-order valence-corrected chi connectivity index (χ4v) is 3.85. The van der Waals surface area contributed by atoms with Crippen LogP contribution in [0.15, 0.2) is 52.5 Å². The summed E-state index contributed by atoms with van der Waals surface area (Å²) in [6.07, 6.45) is 3.72. The van der Waals surface area contributed by atoms with Gasteiger partial charge < -0.3 is 9.94 Å². The number of nitrogens with zero attached hydrogens (tertiary/aromatic N) is 2. The molecular weight excluding hydrogens is 368 g/mol. The van der Waals surface area contributed by atoms with Gasteiger partial charge >= 0.3 is 5.97 Å². The molecule has 6 heteroatoms. The molecule has 0 spiro atoms. The molecule has 3 aromatic rings. The van der Waals surface area contributed by atoms with Gasteiger partial charge in [0, 0.05) is 6.20 Å². The second-order valence-corrected chi connectivity index (χ2v) is 7.41. The quantitative estimate of drug-likeness (QED) is 0.522. The van der Waals surface area contributed by atoms with E-state index in [1.807, 2.05) is 44.2 Å². The lowest BCUT2D eigenvalue weighted by atomic mass is 9.95. The van der Waals surface area contributed by atoms with Crippen molar-refractivity contribution in [3.05, 3.63) is 75.2 Å². The van der Waals surface area contributed by atoms with E-state index in [2.05, 4.69) is 5.16 Å². The van der Waals surface area contributed by atoms with Gasteiger partial charge in [-0.05, 0) is 72.6 Å². The number of benzene rings is 1. The van der Waals surface area contributed by atoms with Crippen molar-refractivity contribution < 1.29 is 14.7 Å². The molecule has 1 aliphatic rings. The first-order valence-corrected chi connectivity index (χ1v) is 9.53. The van der Waals surface area contributed by atoms with E-state index in [9.17, 15) is 14.7 Å². The standard InChI is InChI=1S/C23H22N2O4/c1-13-18(16-6-4-15(5-7-16)14(2)24-29-3)10-11-25-21(13)19(17-8-9-17)12-20(22(25)26)23(27)28/h4-7,10-12,17H,8-9H2,1-3H3,(H,27,28). The van der Waals surface area contributed by atoms with Gasteiger partial charge in [-0.25, -0.2) is 4.79 Å². The van der Waals surface area contributed by atoms with Gasteiger partial charge in [-0.1, -0.05) is 29.4 Å². The predicted octanol–water partition coefficient (Wildman–Crippen LogP) is 4.22. The van der Waals surface area contributed by atoms with E-state index in [4.69, 9.17) is 4.84 Å². The van der Waals surface area contributed by atoms with Crippen LogP contribution < -0.4 is 5.56 Å². The predicted molar refractivity (Wildman–Crippen MR) is 112 cm³/mol. The number of oxime groups is 1. The van der Waals surface area contributed by atoms with Crippen molar-refractivity contribution in [3.63, 3.8) is 0 Å². The van der Waals surface area contributed by atoms with Crippen molar-refractivity contribution >= 4 is 17.2 Å². The fraction of sp³-hybridized carbons (Fsp3) is 0.261. The number of rotatable bonds is 5. The maximum absolute atomic E-state index is 12.7. The van der Waals surface area contributed by atoms with Crippen molar-refractivity contribution in [1.29, 1.82) is 0 Å². The van der Waals surface area contributed by atoms with E-state index < -0.39 is 11.5 Å². The number of hydrogen-bond donors (Lipinski definition) is 1. The van der Waals surface area contributed by atoms with Gasteiger partial charge in [0.25, 0.3) is 5.56 Å².